The van der Waals surface area contributed by atoms with Gasteiger partial charge in [-0.1, -0.05) is 13.0 Å². The molecule has 9 nitrogen and oxygen atoms in total. The fourth-order valence-electron chi connectivity index (χ4n) is 3.96. The van der Waals surface area contributed by atoms with Crippen LogP contribution in [0.2, 0.25) is 0 Å². The Hall–Kier alpha value is -3.08. The predicted molar refractivity (Wildman–Crippen MR) is 127 cm³/mol. The molecule has 1 N–H and O–H groups in total. The van der Waals surface area contributed by atoms with Crippen LogP contribution in [0.5, 0.6) is 5.75 Å². The Morgan fingerprint density at radius 3 is 2.82 bits per heavy atom. The number of fused-ring (bicyclic) bond motifs is 1. The summed E-state index contributed by atoms with van der Waals surface area (Å²) in [6.45, 7) is 4.33. The molecule has 174 valence electrons. The van der Waals surface area contributed by atoms with Crippen LogP contribution in [0.3, 0.4) is 0 Å². The van der Waals surface area contributed by atoms with Crippen molar-refractivity contribution in [3.05, 3.63) is 68.4 Å². The minimum absolute atomic E-state index is 0.0700. The van der Waals surface area contributed by atoms with E-state index in [0.29, 0.717) is 31.8 Å². The maximum absolute atomic E-state index is 13.0. The van der Waals surface area contributed by atoms with Gasteiger partial charge in [0.2, 0.25) is 0 Å². The number of benzene rings is 1. The lowest BCUT2D eigenvalue weighted by molar-refractivity contribution is 0.152. The van der Waals surface area contributed by atoms with Crippen LogP contribution >= 0.6 is 11.3 Å². The number of tetrazole rings is 1. The second kappa shape index (κ2) is 10.7. The van der Waals surface area contributed by atoms with Gasteiger partial charge in [-0.2, -0.15) is 0 Å². The van der Waals surface area contributed by atoms with Gasteiger partial charge in [0.05, 0.1) is 26.3 Å². The molecule has 4 rings (SSSR count). The zero-order valence-corrected chi connectivity index (χ0v) is 19.8. The van der Waals surface area contributed by atoms with E-state index in [9.17, 15) is 4.79 Å². The van der Waals surface area contributed by atoms with Gasteiger partial charge in [-0.05, 0) is 52.6 Å². The highest BCUT2D eigenvalue weighted by atomic mass is 32.1. The van der Waals surface area contributed by atoms with Crippen LogP contribution in [0.25, 0.3) is 10.9 Å². The summed E-state index contributed by atoms with van der Waals surface area (Å²) in [6, 6.07) is 11.7. The lowest BCUT2D eigenvalue weighted by Gasteiger charge is -2.29. The molecule has 0 bridgehead atoms. The van der Waals surface area contributed by atoms with Crippen molar-refractivity contribution in [2.75, 3.05) is 20.8 Å². The summed E-state index contributed by atoms with van der Waals surface area (Å²) >= 11 is 1.69. The van der Waals surface area contributed by atoms with E-state index in [2.05, 4.69) is 43.8 Å². The molecule has 0 aliphatic carbocycles. The summed E-state index contributed by atoms with van der Waals surface area (Å²) in [6.07, 6.45) is 0.790. The van der Waals surface area contributed by atoms with Crippen molar-refractivity contribution in [1.82, 2.24) is 30.1 Å². The summed E-state index contributed by atoms with van der Waals surface area (Å²) < 4.78 is 12.4. The maximum atomic E-state index is 13.0. The van der Waals surface area contributed by atoms with Gasteiger partial charge in [0.1, 0.15) is 5.75 Å². The molecule has 0 aliphatic rings. The maximum Gasteiger partial charge on any atom is 0.252 e. The quantitative estimate of drug-likeness (QED) is 0.360. The molecular weight excluding hydrogens is 440 g/mol. The molecule has 0 spiro atoms. The molecule has 1 aromatic carbocycles. The van der Waals surface area contributed by atoms with Crippen LogP contribution in [0, 0.1) is 0 Å². The van der Waals surface area contributed by atoms with E-state index in [1.54, 1.807) is 30.2 Å². The first-order chi connectivity index (χ1) is 16.1. The fourth-order valence-corrected chi connectivity index (χ4v) is 4.69. The fraction of sp³-hybridized carbons (Fsp3) is 0.391. The first kappa shape index (κ1) is 23.1. The van der Waals surface area contributed by atoms with Crippen LogP contribution in [-0.2, 0) is 24.4 Å². The molecular formula is C23H28N6O3S. The van der Waals surface area contributed by atoms with E-state index in [1.165, 1.54) is 4.88 Å². The third kappa shape index (κ3) is 5.29. The second-order valence-corrected chi connectivity index (χ2v) is 8.77. The molecule has 0 aliphatic heterocycles. The lowest BCUT2D eigenvalue weighted by Crippen LogP contribution is -2.32. The third-order valence-corrected chi connectivity index (χ3v) is 6.49. The van der Waals surface area contributed by atoms with Gasteiger partial charge in [-0.25, -0.2) is 4.68 Å². The van der Waals surface area contributed by atoms with E-state index in [4.69, 9.17) is 9.47 Å². The number of pyridine rings is 1. The first-order valence-corrected chi connectivity index (χ1v) is 11.7. The number of hydrogen-bond acceptors (Lipinski definition) is 8. The SMILES string of the molecule is CC[C@H](c1nnnn1CCOC)N(Cc1cccs1)Cc1cc2cc(OC)ccc2[nH]c1=O. The molecule has 0 saturated heterocycles. The largest absolute Gasteiger partial charge is 0.497 e. The third-order valence-electron chi connectivity index (χ3n) is 5.63. The van der Waals surface area contributed by atoms with Crippen LogP contribution in [0.4, 0.5) is 0 Å². The Balaban J connectivity index is 1.71. The molecule has 0 radical (unpaired) electrons. The van der Waals surface area contributed by atoms with Crippen LogP contribution in [-0.4, -0.2) is 50.9 Å². The zero-order valence-electron chi connectivity index (χ0n) is 19.0. The number of thiophene rings is 1. The standard InChI is InChI=1S/C23H28N6O3S/c1-4-21(22-25-26-27-29(22)9-10-31-2)28(15-19-6-5-11-33-19)14-17-12-16-13-18(32-3)7-8-20(16)24-23(17)30/h5-8,11-13,21H,4,9-10,14-15H2,1-3H3,(H,24,30)/t21-/m1/s1. The highest BCUT2D eigenvalue weighted by Crippen LogP contribution is 2.28. The highest BCUT2D eigenvalue weighted by Gasteiger charge is 2.26. The number of rotatable bonds is 11. The smallest absolute Gasteiger partial charge is 0.252 e. The Bertz CT molecular complexity index is 1240. The van der Waals surface area contributed by atoms with Gasteiger partial charge in [0, 0.05) is 41.5 Å². The number of aromatic nitrogens is 5. The zero-order chi connectivity index (χ0) is 23.2. The number of nitrogens with one attached hydrogen (secondary N) is 1. The number of aromatic amines is 1. The van der Waals surface area contributed by atoms with Crippen molar-refractivity contribution in [2.24, 2.45) is 0 Å². The van der Waals surface area contributed by atoms with Gasteiger partial charge in [0.15, 0.2) is 5.82 Å². The molecule has 10 heteroatoms. The van der Waals surface area contributed by atoms with Crippen molar-refractivity contribution in [3.63, 3.8) is 0 Å². The van der Waals surface area contributed by atoms with Crippen molar-refractivity contribution >= 4 is 22.2 Å². The summed E-state index contributed by atoms with van der Waals surface area (Å²) in [5.41, 5.74) is 1.37. The Kier molecular flexibility index (Phi) is 7.48. The van der Waals surface area contributed by atoms with Gasteiger partial charge >= 0.3 is 0 Å². The molecule has 3 aromatic heterocycles. The Morgan fingerprint density at radius 1 is 1.21 bits per heavy atom. The molecule has 4 aromatic rings. The van der Waals surface area contributed by atoms with E-state index in [-0.39, 0.29) is 11.6 Å². The average Bonchev–Trinajstić information content (AvgIpc) is 3.50. The molecule has 33 heavy (non-hydrogen) atoms. The molecule has 3 heterocycles. The van der Waals surface area contributed by atoms with Crippen LogP contribution < -0.4 is 10.3 Å². The number of nitrogens with zero attached hydrogens (tertiary/aromatic N) is 5. The van der Waals surface area contributed by atoms with E-state index in [0.717, 1.165) is 28.9 Å². The average molecular weight is 469 g/mol. The monoisotopic (exact) mass is 468 g/mol. The summed E-state index contributed by atoms with van der Waals surface area (Å²) in [5.74, 6) is 1.52. The number of H-pyrrole nitrogens is 1. The minimum atomic E-state index is -0.0994. The predicted octanol–water partition coefficient (Wildman–Crippen LogP) is 3.38. The first-order valence-electron chi connectivity index (χ1n) is 10.8. The van der Waals surface area contributed by atoms with Gasteiger partial charge in [-0.3, -0.25) is 9.69 Å². The Labute approximate surface area is 196 Å². The van der Waals surface area contributed by atoms with Gasteiger partial charge in [-0.15, -0.1) is 16.4 Å². The van der Waals surface area contributed by atoms with Crippen LogP contribution in [0.15, 0.2) is 46.6 Å². The summed E-state index contributed by atoms with van der Waals surface area (Å²) in [4.78, 5) is 19.4. The molecule has 1 atom stereocenters. The normalized spacial score (nSPS) is 12.5. The summed E-state index contributed by atoms with van der Waals surface area (Å²) in [7, 11) is 3.29. The van der Waals surface area contributed by atoms with Crippen LogP contribution in [0.1, 0.15) is 35.7 Å². The van der Waals surface area contributed by atoms with E-state index in [1.807, 2.05) is 30.3 Å². The van der Waals surface area contributed by atoms with Crippen molar-refractivity contribution in [2.45, 2.75) is 39.0 Å². The molecule has 0 unspecified atom stereocenters. The number of ether oxygens (including phenoxy) is 2. The van der Waals surface area contributed by atoms with Crippen molar-refractivity contribution < 1.29 is 9.47 Å². The highest BCUT2D eigenvalue weighted by molar-refractivity contribution is 7.09. The van der Waals surface area contributed by atoms with Gasteiger partial charge in [0.25, 0.3) is 5.56 Å². The van der Waals surface area contributed by atoms with E-state index < -0.39 is 0 Å². The lowest BCUT2D eigenvalue weighted by atomic mass is 10.1. The molecule has 0 amide bonds. The van der Waals surface area contributed by atoms with Gasteiger partial charge < -0.3 is 14.5 Å². The Morgan fingerprint density at radius 2 is 2.09 bits per heavy atom. The molecule has 0 fully saturated rings. The summed E-state index contributed by atoms with van der Waals surface area (Å²) in [5, 5.41) is 15.4. The second-order valence-electron chi connectivity index (χ2n) is 7.74. The van der Waals surface area contributed by atoms with Crippen molar-refractivity contribution in [1.29, 1.82) is 0 Å². The molecule has 0 saturated carbocycles. The number of hydrogen-bond donors (Lipinski definition) is 1. The van der Waals surface area contributed by atoms with E-state index >= 15 is 0 Å². The topological polar surface area (TPSA) is 98.2 Å². The number of methoxy groups -OCH3 is 2. The minimum Gasteiger partial charge on any atom is -0.497 e. The van der Waals surface area contributed by atoms with Crippen molar-refractivity contribution in [3.8, 4) is 5.75 Å².